The molecule has 8 heteroatoms. The van der Waals surface area contributed by atoms with Gasteiger partial charge in [-0.25, -0.2) is 9.78 Å². The van der Waals surface area contributed by atoms with Crippen molar-refractivity contribution in [1.29, 1.82) is 0 Å². The van der Waals surface area contributed by atoms with Crippen molar-refractivity contribution in [3.63, 3.8) is 0 Å². The zero-order valence-electron chi connectivity index (χ0n) is 9.58. The van der Waals surface area contributed by atoms with E-state index in [1.807, 2.05) is 0 Å². The van der Waals surface area contributed by atoms with Gasteiger partial charge < -0.3 is 15.5 Å². The smallest absolute Gasteiger partial charge is 0.327 e. The molecule has 0 radical (unpaired) electrons. The molecule has 1 fully saturated rings. The predicted octanol–water partition coefficient (Wildman–Crippen LogP) is -1.10. The van der Waals surface area contributed by atoms with Crippen LogP contribution in [0.15, 0.2) is 9.59 Å². The van der Waals surface area contributed by atoms with Gasteiger partial charge in [-0.05, 0) is 12.8 Å². The van der Waals surface area contributed by atoms with Crippen molar-refractivity contribution in [3.8, 4) is 0 Å². The number of ether oxygens (including phenoxy) is 1. The van der Waals surface area contributed by atoms with Crippen molar-refractivity contribution in [2.75, 3.05) is 13.2 Å². The van der Waals surface area contributed by atoms with E-state index in [9.17, 15) is 9.59 Å². The zero-order chi connectivity index (χ0) is 12.8. The lowest BCUT2D eigenvalue weighted by Crippen LogP contribution is -2.43. The number of nitrogens with two attached hydrogens (primary N) is 1. The largest absolute Gasteiger partial charge is 0.381 e. The lowest BCUT2D eigenvalue weighted by Gasteiger charge is -2.31. The molecule has 1 saturated heterocycles. The maximum atomic E-state index is 11.6. The van der Waals surface area contributed by atoms with Crippen LogP contribution in [0.4, 0.5) is 0 Å². The Morgan fingerprint density at radius 2 is 1.89 bits per heavy atom. The lowest BCUT2D eigenvalue weighted by molar-refractivity contribution is 0.0496. The van der Waals surface area contributed by atoms with Crippen molar-refractivity contribution in [2.24, 2.45) is 5.73 Å². The molecule has 2 aromatic heterocycles. The second-order valence-corrected chi connectivity index (χ2v) is 4.49. The summed E-state index contributed by atoms with van der Waals surface area (Å²) in [5.41, 5.74) is 5.01. The highest BCUT2D eigenvalue weighted by atomic mass is 16.5. The minimum atomic E-state index is -0.638. The first kappa shape index (κ1) is 11.2. The molecule has 96 valence electrons. The minimum Gasteiger partial charge on any atom is -0.381 e. The number of nitrogens with one attached hydrogen (secondary N) is 3. The molecule has 5 N–H and O–H groups in total. The van der Waals surface area contributed by atoms with Gasteiger partial charge in [0.25, 0.3) is 5.56 Å². The predicted molar refractivity (Wildman–Crippen MR) is 63.3 cm³/mol. The molecule has 0 aliphatic carbocycles. The Morgan fingerprint density at radius 3 is 2.61 bits per heavy atom. The van der Waals surface area contributed by atoms with Gasteiger partial charge in [0.2, 0.25) is 0 Å². The van der Waals surface area contributed by atoms with E-state index in [0.29, 0.717) is 31.9 Å². The Morgan fingerprint density at radius 1 is 1.17 bits per heavy atom. The number of rotatable bonds is 1. The quantitative estimate of drug-likeness (QED) is 0.511. The van der Waals surface area contributed by atoms with Crippen molar-refractivity contribution in [3.05, 3.63) is 26.7 Å². The summed E-state index contributed by atoms with van der Waals surface area (Å²) in [6.45, 7) is 1.11. The monoisotopic (exact) mass is 251 g/mol. The average molecular weight is 251 g/mol. The summed E-state index contributed by atoms with van der Waals surface area (Å²) < 4.78 is 5.26. The second-order valence-electron chi connectivity index (χ2n) is 4.49. The van der Waals surface area contributed by atoms with Crippen LogP contribution in [0.5, 0.6) is 0 Å². The van der Waals surface area contributed by atoms with Gasteiger partial charge in [0.15, 0.2) is 5.65 Å². The Hall–Kier alpha value is -1.93. The molecule has 0 aromatic carbocycles. The topological polar surface area (TPSA) is 130 Å². The summed E-state index contributed by atoms with van der Waals surface area (Å²) in [6, 6.07) is 0. The van der Waals surface area contributed by atoms with Crippen molar-refractivity contribution in [1.82, 2.24) is 19.9 Å². The molecule has 3 rings (SSSR count). The second kappa shape index (κ2) is 3.79. The highest BCUT2D eigenvalue weighted by Crippen LogP contribution is 2.27. The average Bonchev–Trinajstić information content (AvgIpc) is 2.74. The highest BCUT2D eigenvalue weighted by molar-refractivity contribution is 5.68. The van der Waals surface area contributed by atoms with Gasteiger partial charge in [0.05, 0.1) is 5.54 Å². The standard InChI is InChI=1S/C10H13N5O3/c11-10(1-3-18-4-2-10)8-12-5-6(13-8)14-9(17)15-7(5)16/h1-4,11H2,(H3,12,13,14,15,16,17). The van der Waals surface area contributed by atoms with Gasteiger partial charge in [0.1, 0.15) is 11.3 Å². The van der Waals surface area contributed by atoms with E-state index >= 15 is 0 Å². The van der Waals surface area contributed by atoms with Gasteiger partial charge in [0, 0.05) is 13.2 Å². The number of aromatic nitrogens is 4. The van der Waals surface area contributed by atoms with Crippen LogP contribution in [0.1, 0.15) is 18.7 Å². The number of hydrogen-bond acceptors (Lipinski definition) is 5. The van der Waals surface area contributed by atoms with Gasteiger partial charge in [-0.1, -0.05) is 0 Å². The molecule has 0 amide bonds. The van der Waals surface area contributed by atoms with E-state index in [1.54, 1.807) is 0 Å². The van der Waals surface area contributed by atoms with Crippen LogP contribution in [0.25, 0.3) is 11.2 Å². The fourth-order valence-corrected chi connectivity index (χ4v) is 2.14. The normalized spacial score (nSPS) is 19.2. The molecule has 0 spiro atoms. The lowest BCUT2D eigenvalue weighted by atomic mass is 9.91. The highest BCUT2D eigenvalue weighted by Gasteiger charge is 2.33. The molecule has 0 atom stereocenters. The van der Waals surface area contributed by atoms with Crippen LogP contribution in [-0.2, 0) is 10.3 Å². The number of imidazole rings is 1. The minimum absolute atomic E-state index is 0.232. The van der Waals surface area contributed by atoms with E-state index in [2.05, 4.69) is 19.9 Å². The Labute approximate surface area is 101 Å². The molecular formula is C10H13N5O3. The van der Waals surface area contributed by atoms with Gasteiger partial charge in [-0.3, -0.25) is 14.8 Å². The van der Waals surface area contributed by atoms with Crippen molar-refractivity contribution >= 4 is 11.2 Å². The van der Waals surface area contributed by atoms with Crippen LogP contribution in [0.2, 0.25) is 0 Å². The molecular weight excluding hydrogens is 238 g/mol. The third kappa shape index (κ3) is 1.66. The van der Waals surface area contributed by atoms with E-state index in [4.69, 9.17) is 10.5 Å². The van der Waals surface area contributed by atoms with E-state index in [-0.39, 0.29) is 11.2 Å². The van der Waals surface area contributed by atoms with Crippen LogP contribution in [0.3, 0.4) is 0 Å². The number of nitrogens with zero attached hydrogens (tertiary/aromatic N) is 1. The Bertz CT molecular complexity index is 691. The number of hydrogen-bond donors (Lipinski definition) is 4. The Kier molecular flexibility index (Phi) is 2.35. The first-order valence-electron chi connectivity index (χ1n) is 5.68. The van der Waals surface area contributed by atoms with E-state index < -0.39 is 16.8 Å². The molecule has 0 saturated carbocycles. The van der Waals surface area contributed by atoms with Crippen LogP contribution < -0.4 is 17.0 Å². The van der Waals surface area contributed by atoms with Crippen LogP contribution >= 0.6 is 0 Å². The maximum absolute atomic E-state index is 11.6. The summed E-state index contributed by atoms with van der Waals surface area (Å²) in [4.78, 5) is 34.5. The fourth-order valence-electron chi connectivity index (χ4n) is 2.14. The summed E-state index contributed by atoms with van der Waals surface area (Å²) >= 11 is 0. The van der Waals surface area contributed by atoms with Gasteiger partial charge in [-0.2, -0.15) is 0 Å². The third-order valence-electron chi connectivity index (χ3n) is 3.25. The molecule has 18 heavy (non-hydrogen) atoms. The first-order chi connectivity index (χ1) is 8.58. The summed E-state index contributed by atoms with van der Waals surface area (Å²) in [5.74, 6) is 0.508. The van der Waals surface area contributed by atoms with Crippen molar-refractivity contribution in [2.45, 2.75) is 18.4 Å². The number of aromatic amines is 3. The van der Waals surface area contributed by atoms with Crippen LogP contribution in [0, 0.1) is 0 Å². The molecule has 1 aliphatic rings. The summed E-state index contributed by atoms with van der Waals surface area (Å²) in [7, 11) is 0. The van der Waals surface area contributed by atoms with Crippen molar-refractivity contribution < 1.29 is 4.74 Å². The first-order valence-corrected chi connectivity index (χ1v) is 5.68. The molecule has 3 heterocycles. The van der Waals surface area contributed by atoms with Gasteiger partial charge >= 0.3 is 5.69 Å². The van der Waals surface area contributed by atoms with E-state index in [0.717, 1.165) is 0 Å². The summed E-state index contributed by atoms with van der Waals surface area (Å²) in [5, 5.41) is 0. The maximum Gasteiger partial charge on any atom is 0.327 e. The zero-order valence-corrected chi connectivity index (χ0v) is 9.58. The third-order valence-corrected chi connectivity index (χ3v) is 3.25. The van der Waals surface area contributed by atoms with Crippen LogP contribution in [-0.4, -0.2) is 33.1 Å². The molecule has 1 aliphatic heterocycles. The summed E-state index contributed by atoms with van der Waals surface area (Å²) in [6.07, 6.45) is 1.24. The fraction of sp³-hybridized carbons (Fsp3) is 0.500. The number of fused-ring (bicyclic) bond motifs is 1. The van der Waals surface area contributed by atoms with Gasteiger partial charge in [-0.15, -0.1) is 0 Å². The SMILES string of the molecule is NC1(c2nc3[nH]c(=O)[nH]c(=O)c3[nH]2)CCOCC1. The Balaban J connectivity index is 2.16. The molecule has 8 nitrogen and oxygen atoms in total. The number of H-pyrrole nitrogens is 3. The molecule has 0 bridgehead atoms. The molecule has 2 aromatic rings. The van der Waals surface area contributed by atoms with E-state index in [1.165, 1.54) is 0 Å². The molecule has 0 unspecified atom stereocenters.